The lowest BCUT2D eigenvalue weighted by Gasteiger charge is -2.08. The Labute approximate surface area is 151 Å². The number of carbonyl (C=O) groups excluding carboxylic acids is 1. The van der Waals surface area contributed by atoms with E-state index in [9.17, 15) is 4.79 Å². The Morgan fingerprint density at radius 3 is 2.79 bits per heavy atom. The second-order valence-electron chi connectivity index (χ2n) is 5.55. The SMILES string of the molecule is CCCCOc1ccccc1C=CC(=O)Nc1ccc(C)cc1Br. The topological polar surface area (TPSA) is 38.3 Å². The highest BCUT2D eigenvalue weighted by Gasteiger charge is 2.04. The number of anilines is 1. The van der Waals surface area contributed by atoms with E-state index in [0.29, 0.717) is 6.61 Å². The number of hydrogen-bond acceptors (Lipinski definition) is 2. The lowest BCUT2D eigenvalue weighted by molar-refractivity contribution is -0.111. The van der Waals surface area contributed by atoms with Gasteiger partial charge in [0, 0.05) is 16.1 Å². The van der Waals surface area contributed by atoms with Crippen LogP contribution >= 0.6 is 15.9 Å². The maximum absolute atomic E-state index is 12.1. The van der Waals surface area contributed by atoms with E-state index in [1.54, 1.807) is 6.08 Å². The van der Waals surface area contributed by atoms with Crippen molar-refractivity contribution in [2.24, 2.45) is 0 Å². The van der Waals surface area contributed by atoms with Crippen molar-refractivity contribution in [2.75, 3.05) is 11.9 Å². The number of ether oxygens (including phenoxy) is 1. The minimum absolute atomic E-state index is 0.178. The molecule has 0 aliphatic heterocycles. The number of carbonyl (C=O) groups is 1. The molecule has 0 aromatic heterocycles. The summed E-state index contributed by atoms with van der Waals surface area (Å²) in [7, 11) is 0. The van der Waals surface area contributed by atoms with E-state index >= 15 is 0 Å². The number of unbranched alkanes of at least 4 members (excludes halogenated alkanes) is 1. The molecule has 2 aromatic rings. The molecule has 24 heavy (non-hydrogen) atoms. The Morgan fingerprint density at radius 2 is 2.04 bits per heavy atom. The Kier molecular flexibility index (Phi) is 7.07. The van der Waals surface area contributed by atoms with Crippen LogP contribution in [0.15, 0.2) is 53.0 Å². The molecule has 2 aromatic carbocycles. The largest absolute Gasteiger partial charge is 0.493 e. The van der Waals surface area contributed by atoms with Crippen LogP contribution in [0, 0.1) is 6.92 Å². The number of para-hydroxylation sites is 1. The van der Waals surface area contributed by atoms with Gasteiger partial charge in [0.15, 0.2) is 0 Å². The molecule has 0 fully saturated rings. The second-order valence-corrected chi connectivity index (χ2v) is 6.40. The molecule has 1 N–H and O–H groups in total. The molecular formula is C20H22BrNO2. The standard InChI is InChI=1S/C20H22BrNO2/c1-3-4-13-24-19-8-6-5-7-16(19)10-12-20(23)22-18-11-9-15(2)14-17(18)21/h5-12,14H,3-4,13H2,1-2H3,(H,22,23). The molecule has 0 aliphatic rings. The van der Waals surface area contributed by atoms with E-state index in [1.807, 2.05) is 49.4 Å². The fourth-order valence-corrected chi connectivity index (χ4v) is 2.73. The van der Waals surface area contributed by atoms with Gasteiger partial charge in [0.1, 0.15) is 5.75 Å². The minimum Gasteiger partial charge on any atom is -0.493 e. The van der Waals surface area contributed by atoms with E-state index < -0.39 is 0 Å². The van der Waals surface area contributed by atoms with E-state index in [2.05, 4.69) is 28.2 Å². The van der Waals surface area contributed by atoms with Crippen molar-refractivity contribution in [3.63, 3.8) is 0 Å². The Morgan fingerprint density at radius 1 is 1.25 bits per heavy atom. The molecule has 0 atom stereocenters. The molecule has 3 nitrogen and oxygen atoms in total. The fourth-order valence-electron chi connectivity index (χ4n) is 2.14. The average Bonchev–Trinajstić information content (AvgIpc) is 2.57. The molecule has 126 valence electrons. The first-order valence-electron chi connectivity index (χ1n) is 8.07. The smallest absolute Gasteiger partial charge is 0.248 e. The molecular weight excluding hydrogens is 366 g/mol. The highest BCUT2D eigenvalue weighted by Crippen LogP contribution is 2.24. The van der Waals surface area contributed by atoms with Crippen LogP contribution in [-0.2, 0) is 4.79 Å². The fraction of sp³-hybridized carbons (Fsp3) is 0.250. The Bertz CT molecular complexity index is 725. The molecule has 0 radical (unpaired) electrons. The van der Waals surface area contributed by atoms with Gasteiger partial charge >= 0.3 is 0 Å². The number of amides is 1. The molecule has 0 saturated heterocycles. The van der Waals surface area contributed by atoms with Gasteiger partial charge in [0.25, 0.3) is 0 Å². The third kappa shape index (κ3) is 5.53. The van der Waals surface area contributed by atoms with Crippen LogP contribution in [0.4, 0.5) is 5.69 Å². The summed E-state index contributed by atoms with van der Waals surface area (Å²) < 4.78 is 6.64. The summed E-state index contributed by atoms with van der Waals surface area (Å²) in [5.74, 6) is 0.620. The number of aryl methyl sites for hydroxylation is 1. The number of nitrogens with one attached hydrogen (secondary N) is 1. The summed E-state index contributed by atoms with van der Waals surface area (Å²) in [5.41, 5.74) is 2.78. The van der Waals surface area contributed by atoms with Crippen LogP contribution in [-0.4, -0.2) is 12.5 Å². The van der Waals surface area contributed by atoms with Crippen LogP contribution < -0.4 is 10.1 Å². The van der Waals surface area contributed by atoms with E-state index in [0.717, 1.165) is 39.9 Å². The highest BCUT2D eigenvalue weighted by atomic mass is 79.9. The Balaban J connectivity index is 2.03. The first kappa shape index (κ1) is 18.3. The molecule has 0 aliphatic carbocycles. The minimum atomic E-state index is -0.178. The van der Waals surface area contributed by atoms with Crippen molar-refractivity contribution < 1.29 is 9.53 Å². The first-order chi connectivity index (χ1) is 11.6. The summed E-state index contributed by atoms with van der Waals surface area (Å²) in [5, 5.41) is 2.87. The van der Waals surface area contributed by atoms with Gasteiger partial charge in [-0.05, 0) is 59.1 Å². The summed E-state index contributed by atoms with van der Waals surface area (Å²) in [6.45, 7) is 4.82. The summed E-state index contributed by atoms with van der Waals surface area (Å²) in [6.07, 6.45) is 5.40. The summed E-state index contributed by atoms with van der Waals surface area (Å²) >= 11 is 3.46. The van der Waals surface area contributed by atoms with Crippen molar-refractivity contribution >= 4 is 33.6 Å². The first-order valence-corrected chi connectivity index (χ1v) is 8.86. The van der Waals surface area contributed by atoms with Crippen molar-refractivity contribution in [1.82, 2.24) is 0 Å². The molecule has 1 amide bonds. The van der Waals surface area contributed by atoms with E-state index in [1.165, 1.54) is 6.08 Å². The monoisotopic (exact) mass is 387 g/mol. The zero-order valence-corrected chi connectivity index (χ0v) is 15.6. The summed E-state index contributed by atoms with van der Waals surface area (Å²) in [6, 6.07) is 13.5. The molecule has 0 unspecified atom stereocenters. The predicted molar refractivity (Wildman–Crippen MR) is 103 cm³/mol. The molecule has 0 bridgehead atoms. The molecule has 2 rings (SSSR count). The van der Waals surface area contributed by atoms with Crippen LogP contribution in [0.3, 0.4) is 0 Å². The third-order valence-electron chi connectivity index (χ3n) is 3.47. The van der Waals surface area contributed by atoms with E-state index in [4.69, 9.17) is 4.74 Å². The number of hydrogen-bond donors (Lipinski definition) is 1. The zero-order valence-electron chi connectivity index (χ0n) is 14.0. The van der Waals surface area contributed by atoms with Crippen LogP contribution in [0.25, 0.3) is 6.08 Å². The van der Waals surface area contributed by atoms with Gasteiger partial charge in [0.2, 0.25) is 5.91 Å². The van der Waals surface area contributed by atoms with E-state index in [-0.39, 0.29) is 5.91 Å². The van der Waals surface area contributed by atoms with Crippen molar-refractivity contribution in [3.8, 4) is 5.75 Å². The van der Waals surface area contributed by atoms with Gasteiger partial charge in [-0.25, -0.2) is 0 Å². The van der Waals surface area contributed by atoms with Gasteiger partial charge in [-0.3, -0.25) is 4.79 Å². The van der Waals surface area contributed by atoms with Crippen LogP contribution in [0.5, 0.6) is 5.75 Å². The molecule has 4 heteroatoms. The Hall–Kier alpha value is -2.07. The highest BCUT2D eigenvalue weighted by molar-refractivity contribution is 9.10. The maximum atomic E-state index is 12.1. The lowest BCUT2D eigenvalue weighted by atomic mass is 10.2. The van der Waals surface area contributed by atoms with Crippen LogP contribution in [0.2, 0.25) is 0 Å². The quantitative estimate of drug-likeness (QED) is 0.496. The van der Waals surface area contributed by atoms with Gasteiger partial charge in [-0.2, -0.15) is 0 Å². The lowest BCUT2D eigenvalue weighted by Crippen LogP contribution is -2.08. The van der Waals surface area contributed by atoms with Crippen LogP contribution in [0.1, 0.15) is 30.9 Å². The normalized spacial score (nSPS) is 10.8. The average molecular weight is 388 g/mol. The number of rotatable bonds is 7. The van der Waals surface area contributed by atoms with Crippen molar-refractivity contribution in [3.05, 3.63) is 64.1 Å². The van der Waals surface area contributed by atoms with Gasteiger partial charge < -0.3 is 10.1 Å². The van der Waals surface area contributed by atoms with Gasteiger partial charge in [-0.1, -0.05) is 37.6 Å². The van der Waals surface area contributed by atoms with Gasteiger partial charge in [0.05, 0.1) is 12.3 Å². The maximum Gasteiger partial charge on any atom is 0.248 e. The summed E-state index contributed by atoms with van der Waals surface area (Å²) in [4.78, 5) is 12.1. The zero-order chi connectivity index (χ0) is 17.4. The van der Waals surface area contributed by atoms with Crippen molar-refractivity contribution in [2.45, 2.75) is 26.7 Å². The third-order valence-corrected chi connectivity index (χ3v) is 4.13. The van der Waals surface area contributed by atoms with Crippen molar-refractivity contribution in [1.29, 1.82) is 0 Å². The number of benzene rings is 2. The molecule has 0 heterocycles. The second kappa shape index (κ2) is 9.28. The molecule has 0 spiro atoms. The number of halogens is 1. The molecule has 0 saturated carbocycles. The predicted octanol–water partition coefficient (Wildman–Crippen LogP) is 5.59. The van der Waals surface area contributed by atoms with Gasteiger partial charge in [-0.15, -0.1) is 0 Å².